The van der Waals surface area contributed by atoms with Gasteiger partial charge in [0.25, 0.3) is 0 Å². The predicted molar refractivity (Wildman–Crippen MR) is 96.7 cm³/mol. The number of amides is 1. The molecule has 0 saturated heterocycles. The first-order valence-corrected chi connectivity index (χ1v) is 9.44. The van der Waals surface area contributed by atoms with E-state index < -0.39 is 5.60 Å². The van der Waals surface area contributed by atoms with Crippen molar-refractivity contribution in [1.29, 1.82) is 0 Å². The van der Waals surface area contributed by atoms with Crippen LogP contribution in [0.15, 0.2) is 0 Å². The number of ether oxygens (including phenoxy) is 1. The molecule has 23 heavy (non-hydrogen) atoms. The normalized spacial score (nSPS) is 22.2. The van der Waals surface area contributed by atoms with E-state index in [9.17, 15) is 4.79 Å². The number of carbonyl (C=O) groups excluding carboxylic acids is 1. The Hall–Kier alpha value is -0.770. The van der Waals surface area contributed by atoms with Crippen molar-refractivity contribution in [3.63, 3.8) is 0 Å². The zero-order valence-corrected chi connectivity index (χ0v) is 16.2. The predicted octanol–water partition coefficient (Wildman–Crippen LogP) is 4.44. The van der Waals surface area contributed by atoms with Crippen LogP contribution in [0.5, 0.6) is 0 Å². The lowest BCUT2D eigenvalue weighted by Crippen LogP contribution is -2.43. The van der Waals surface area contributed by atoms with Gasteiger partial charge in [-0.3, -0.25) is 0 Å². The molecule has 4 nitrogen and oxygen atoms in total. The first kappa shape index (κ1) is 20.3. The highest BCUT2D eigenvalue weighted by molar-refractivity contribution is 5.68. The summed E-state index contributed by atoms with van der Waals surface area (Å²) in [5, 5.41) is 3.64. The van der Waals surface area contributed by atoms with Crippen molar-refractivity contribution in [1.82, 2.24) is 10.2 Å². The van der Waals surface area contributed by atoms with Crippen LogP contribution in [0.25, 0.3) is 0 Å². The van der Waals surface area contributed by atoms with Gasteiger partial charge in [-0.2, -0.15) is 0 Å². The number of carbonyl (C=O) groups is 1. The Morgan fingerprint density at radius 3 is 2.26 bits per heavy atom. The van der Waals surface area contributed by atoms with Crippen LogP contribution in [0.1, 0.15) is 73.6 Å². The van der Waals surface area contributed by atoms with Gasteiger partial charge in [0.1, 0.15) is 5.60 Å². The average molecular weight is 327 g/mol. The summed E-state index contributed by atoms with van der Waals surface area (Å²) in [5.74, 6) is 1.70. The SMILES string of the molecule is CCCN(CCNC1CCC(C(C)C)CC1)C(=O)OC(C)(C)C. The molecule has 0 aromatic heterocycles. The van der Waals surface area contributed by atoms with Gasteiger partial charge in [0, 0.05) is 25.7 Å². The molecule has 0 atom stereocenters. The standard InChI is InChI=1S/C19H38N2O2/c1-7-13-21(18(22)23-19(4,5)6)14-12-20-17-10-8-16(9-11-17)15(2)3/h15-17,20H,7-14H2,1-6H3. The van der Waals surface area contributed by atoms with E-state index in [1.807, 2.05) is 25.7 Å². The van der Waals surface area contributed by atoms with Gasteiger partial charge in [-0.05, 0) is 64.7 Å². The molecule has 0 aromatic rings. The van der Waals surface area contributed by atoms with Gasteiger partial charge >= 0.3 is 6.09 Å². The van der Waals surface area contributed by atoms with Crippen molar-refractivity contribution in [2.24, 2.45) is 11.8 Å². The Kier molecular flexibility index (Phi) is 8.38. The van der Waals surface area contributed by atoms with E-state index in [0.29, 0.717) is 6.04 Å². The van der Waals surface area contributed by atoms with Gasteiger partial charge in [0.05, 0.1) is 0 Å². The van der Waals surface area contributed by atoms with Crippen LogP contribution in [-0.2, 0) is 4.74 Å². The third-order valence-corrected chi connectivity index (χ3v) is 4.67. The summed E-state index contributed by atoms with van der Waals surface area (Å²) < 4.78 is 5.49. The van der Waals surface area contributed by atoms with Crippen LogP contribution in [0.3, 0.4) is 0 Å². The Balaban J connectivity index is 2.32. The number of nitrogens with zero attached hydrogens (tertiary/aromatic N) is 1. The number of hydrogen-bond donors (Lipinski definition) is 1. The second kappa shape index (κ2) is 9.51. The molecule has 1 aliphatic rings. The molecule has 1 rings (SSSR count). The maximum Gasteiger partial charge on any atom is 0.410 e. The van der Waals surface area contributed by atoms with E-state index in [1.54, 1.807) is 0 Å². The zero-order valence-electron chi connectivity index (χ0n) is 16.2. The Bertz CT molecular complexity index is 342. The second-order valence-corrected chi connectivity index (χ2v) is 8.28. The van der Waals surface area contributed by atoms with Crippen LogP contribution in [0, 0.1) is 11.8 Å². The van der Waals surface area contributed by atoms with Crippen molar-refractivity contribution >= 4 is 6.09 Å². The molecule has 0 spiro atoms. The van der Waals surface area contributed by atoms with Gasteiger partial charge in [0.15, 0.2) is 0 Å². The summed E-state index contributed by atoms with van der Waals surface area (Å²) in [6.45, 7) is 14.9. The van der Waals surface area contributed by atoms with E-state index >= 15 is 0 Å². The maximum atomic E-state index is 12.2. The maximum absolute atomic E-state index is 12.2. The molecule has 0 unspecified atom stereocenters. The van der Waals surface area contributed by atoms with Crippen LogP contribution in [-0.4, -0.2) is 42.3 Å². The lowest BCUT2D eigenvalue weighted by molar-refractivity contribution is 0.0249. The fraction of sp³-hybridized carbons (Fsp3) is 0.947. The van der Waals surface area contributed by atoms with Gasteiger partial charge in [-0.15, -0.1) is 0 Å². The van der Waals surface area contributed by atoms with E-state index in [4.69, 9.17) is 4.74 Å². The molecule has 0 bridgehead atoms. The summed E-state index contributed by atoms with van der Waals surface area (Å²) in [4.78, 5) is 14.1. The summed E-state index contributed by atoms with van der Waals surface area (Å²) in [6.07, 6.45) is 5.97. The van der Waals surface area contributed by atoms with Crippen LogP contribution >= 0.6 is 0 Å². The molecule has 1 saturated carbocycles. The number of rotatable bonds is 7. The molecule has 4 heteroatoms. The first-order chi connectivity index (χ1) is 10.7. The highest BCUT2D eigenvalue weighted by atomic mass is 16.6. The van der Waals surface area contributed by atoms with E-state index in [0.717, 1.165) is 37.9 Å². The minimum Gasteiger partial charge on any atom is -0.444 e. The highest BCUT2D eigenvalue weighted by Gasteiger charge is 2.24. The molecule has 0 aromatic carbocycles. The Labute approximate surface area is 143 Å². The molecule has 0 radical (unpaired) electrons. The smallest absolute Gasteiger partial charge is 0.410 e. The fourth-order valence-corrected chi connectivity index (χ4v) is 3.28. The topological polar surface area (TPSA) is 41.6 Å². The molecular formula is C19H38N2O2. The van der Waals surface area contributed by atoms with Crippen molar-refractivity contribution in [3.05, 3.63) is 0 Å². The quantitative estimate of drug-likeness (QED) is 0.752. The summed E-state index contributed by atoms with van der Waals surface area (Å²) in [6, 6.07) is 0.618. The van der Waals surface area contributed by atoms with Gasteiger partial charge in [-0.1, -0.05) is 20.8 Å². The van der Waals surface area contributed by atoms with Crippen LogP contribution < -0.4 is 5.32 Å². The minimum atomic E-state index is -0.425. The largest absolute Gasteiger partial charge is 0.444 e. The van der Waals surface area contributed by atoms with E-state index in [-0.39, 0.29) is 6.09 Å². The molecule has 1 amide bonds. The van der Waals surface area contributed by atoms with Crippen LogP contribution in [0.2, 0.25) is 0 Å². The van der Waals surface area contributed by atoms with Crippen molar-refractivity contribution in [3.8, 4) is 0 Å². The van der Waals surface area contributed by atoms with Crippen molar-refractivity contribution in [2.75, 3.05) is 19.6 Å². The van der Waals surface area contributed by atoms with Crippen molar-refractivity contribution in [2.45, 2.75) is 85.3 Å². The van der Waals surface area contributed by atoms with E-state index in [2.05, 4.69) is 26.1 Å². The summed E-state index contributed by atoms with van der Waals surface area (Å²) in [7, 11) is 0. The second-order valence-electron chi connectivity index (χ2n) is 8.28. The monoisotopic (exact) mass is 326 g/mol. The number of hydrogen-bond acceptors (Lipinski definition) is 3. The molecular weight excluding hydrogens is 288 g/mol. The third-order valence-electron chi connectivity index (χ3n) is 4.67. The Morgan fingerprint density at radius 1 is 1.17 bits per heavy atom. The summed E-state index contributed by atoms with van der Waals surface area (Å²) >= 11 is 0. The zero-order chi connectivity index (χ0) is 17.5. The molecule has 0 aliphatic heterocycles. The minimum absolute atomic E-state index is 0.190. The fourth-order valence-electron chi connectivity index (χ4n) is 3.28. The first-order valence-electron chi connectivity index (χ1n) is 9.44. The van der Waals surface area contributed by atoms with Crippen LogP contribution in [0.4, 0.5) is 4.79 Å². The summed E-state index contributed by atoms with van der Waals surface area (Å²) in [5.41, 5.74) is -0.425. The lowest BCUT2D eigenvalue weighted by Gasteiger charge is -2.32. The Morgan fingerprint density at radius 2 is 1.78 bits per heavy atom. The molecule has 136 valence electrons. The molecule has 1 N–H and O–H groups in total. The third kappa shape index (κ3) is 8.05. The lowest BCUT2D eigenvalue weighted by atomic mass is 9.80. The molecule has 1 aliphatic carbocycles. The van der Waals surface area contributed by atoms with E-state index in [1.165, 1.54) is 25.7 Å². The average Bonchev–Trinajstić information content (AvgIpc) is 2.45. The van der Waals surface area contributed by atoms with Crippen molar-refractivity contribution < 1.29 is 9.53 Å². The van der Waals surface area contributed by atoms with Gasteiger partial charge in [0.2, 0.25) is 0 Å². The van der Waals surface area contributed by atoms with Gasteiger partial charge < -0.3 is 15.0 Å². The van der Waals surface area contributed by atoms with Gasteiger partial charge in [-0.25, -0.2) is 4.79 Å². The number of nitrogens with one attached hydrogen (secondary N) is 1. The molecule has 0 heterocycles. The highest BCUT2D eigenvalue weighted by Crippen LogP contribution is 2.29. The molecule has 1 fully saturated rings.